The SMILES string of the molecule is C(=CC(=Nc1cccnc1)Oc1ccccc1)Sc1ccccc1. The summed E-state index contributed by atoms with van der Waals surface area (Å²) in [7, 11) is 0. The first-order valence-electron chi connectivity index (χ1n) is 7.50. The zero-order valence-electron chi connectivity index (χ0n) is 12.9. The van der Waals surface area contributed by atoms with Gasteiger partial charge in [0.15, 0.2) is 0 Å². The fourth-order valence-corrected chi connectivity index (χ4v) is 2.58. The highest BCUT2D eigenvalue weighted by Crippen LogP contribution is 2.19. The molecule has 118 valence electrons. The van der Waals surface area contributed by atoms with Crippen molar-refractivity contribution in [3.05, 3.63) is 96.7 Å². The Morgan fingerprint density at radius 2 is 1.67 bits per heavy atom. The Kier molecular flexibility index (Phi) is 5.81. The van der Waals surface area contributed by atoms with Gasteiger partial charge in [0, 0.05) is 17.2 Å². The molecular formula is C20H16N2OS. The van der Waals surface area contributed by atoms with Crippen molar-refractivity contribution in [1.82, 2.24) is 4.98 Å². The van der Waals surface area contributed by atoms with Crippen LogP contribution in [0.25, 0.3) is 0 Å². The molecule has 0 saturated heterocycles. The van der Waals surface area contributed by atoms with Gasteiger partial charge in [0.05, 0.1) is 11.9 Å². The van der Waals surface area contributed by atoms with Crippen molar-refractivity contribution < 1.29 is 4.74 Å². The van der Waals surface area contributed by atoms with Gasteiger partial charge in [-0.1, -0.05) is 48.2 Å². The monoisotopic (exact) mass is 332 g/mol. The second-order valence-corrected chi connectivity index (χ2v) is 5.79. The molecule has 24 heavy (non-hydrogen) atoms. The predicted molar refractivity (Wildman–Crippen MR) is 99.8 cm³/mol. The quantitative estimate of drug-likeness (QED) is 0.352. The van der Waals surface area contributed by atoms with E-state index in [9.17, 15) is 0 Å². The van der Waals surface area contributed by atoms with Crippen molar-refractivity contribution in [3.8, 4) is 5.75 Å². The van der Waals surface area contributed by atoms with E-state index in [-0.39, 0.29) is 0 Å². The zero-order chi connectivity index (χ0) is 16.5. The number of aromatic nitrogens is 1. The third-order valence-corrected chi connectivity index (χ3v) is 3.83. The lowest BCUT2D eigenvalue weighted by molar-refractivity contribution is 0.556. The van der Waals surface area contributed by atoms with E-state index in [4.69, 9.17) is 4.74 Å². The van der Waals surface area contributed by atoms with Gasteiger partial charge >= 0.3 is 0 Å². The molecule has 1 heterocycles. The molecule has 0 bridgehead atoms. The molecule has 0 fully saturated rings. The predicted octanol–water partition coefficient (Wildman–Crippen LogP) is 5.50. The Morgan fingerprint density at radius 3 is 2.38 bits per heavy atom. The Labute approximate surface area is 145 Å². The number of pyridine rings is 1. The van der Waals surface area contributed by atoms with Crippen LogP contribution in [0.2, 0.25) is 0 Å². The van der Waals surface area contributed by atoms with E-state index >= 15 is 0 Å². The van der Waals surface area contributed by atoms with Gasteiger partial charge in [0.25, 0.3) is 0 Å². The first-order valence-corrected chi connectivity index (χ1v) is 8.38. The summed E-state index contributed by atoms with van der Waals surface area (Å²) < 4.78 is 5.88. The van der Waals surface area contributed by atoms with Crippen LogP contribution in [0.5, 0.6) is 5.75 Å². The molecule has 0 spiro atoms. The fourth-order valence-electron chi connectivity index (χ4n) is 1.92. The molecule has 0 aliphatic rings. The number of benzene rings is 2. The zero-order valence-corrected chi connectivity index (χ0v) is 13.8. The van der Waals surface area contributed by atoms with Crippen molar-refractivity contribution >= 4 is 23.3 Å². The molecule has 0 aliphatic heterocycles. The molecule has 0 aliphatic carbocycles. The first-order chi connectivity index (χ1) is 11.9. The molecule has 3 rings (SSSR count). The third kappa shape index (κ3) is 5.11. The largest absolute Gasteiger partial charge is 0.439 e. The summed E-state index contributed by atoms with van der Waals surface area (Å²) in [5.41, 5.74) is 0.748. The number of ether oxygens (including phenoxy) is 1. The van der Waals surface area contributed by atoms with Crippen LogP contribution in [-0.4, -0.2) is 10.9 Å². The molecule has 2 aromatic carbocycles. The highest BCUT2D eigenvalue weighted by atomic mass is 32.2. The van der Waals surface area contributed by atoms with E-state index in [0.29, 0.717) is 5.90 Å². The normalized spacial score (nSPS) is 11.6. The molecule has 0 amide bonds. The van der Waals surface area contributed by atoms with E-state index in [2.05, 4.69) is 22.1 Å². The average Bonchev–Trinajstić information content (AvgIpc) is 2.64. The molecule has 0 atom stereocenters. The van der Waals surface area contributed by atoms with Crippen LogP contribution in [0.1, 0.15) is 0 Å². The smallest absolute Gasteiger partial charge is 0.220 e. The van der Waals surface area contributed by atoms with Crippen LogP contribution in [0.3, 0.4) is 0 Å². The molecule has 0 radical (unpaired) electrons. The van der Waals surface area contributed by atoms with Gasteiger partial charge in [0.2, 0.25) is 5.90 Å². The molecule has 1 aromatic heterocycles. The van der Waals surface area contributed by atoms with Crippen molar-refractivity contribution in [3.63, 3.8) is 0 Å². The Morgan fingerprint density at radius 1 is 0.917 bits per heavy atom. The van der Waals surface area contributed by atoms with Crippen LogP contribution in [0.15, 0.2) is 107 Å². The molecule has 0 saturated carbocycles. The lowest BCUT2D eigenvalue weighted by atomic mass is 10.3. The Hall–Kier alpha value is -2.85. The summed E-state index contributed by atoms with van der Waals surface area (Å²) in [6, 6.07) is 23.5. The molecule has 4 heteroatoms. The second-order valence-electron chi connectivity index (χ2n) is 4.81. The van der Waals surface area contributed by atoms with Crippen LogP contribution in [0.4, 0.5) is 5.69 Å². The van der Waals surface area contributed by atoms with Gasteiger partial charge in [0.1, 0.15) is 5.75 Å². The fraction of sp³-hybridized carbons (Fsp3) is 0. The minimum atomic E-state index is 0.512. The number of aliphatic imine (C=N–C) groups is 1. The van der Waals surface area contributed by atoms with E-state index in [1.54, 1.807) is 24.2 Å². The number of para-hydroxylation sites is 1. The van der Waals surface area contributed by atoms with E-state index < -0.39 is 0 Å². The summed E-state index contributed by atoms with van der Waals surface area (Å²) in [5.74, 6) is 1.26. The van der Waals surface area contributed by atoms with Crippen molar-refractivity contribution in [2.75, 3.05) is 0 Å². The van der Waals surface area contributed by atoms with E-state index in [1.165, 1.54) is 0 Å². The van der Waals surface area contributed by atoms with Crippen LogP contribution in [0, 0.1) is 0 Å². The number of thioether (sulfide) groups is 1. The van der Waals surface area contributed by atoms with Gasteiger partial charge in [-0.2, -0.15) is 0 Å². The van der Waals surface area contributed by atoms with Gasteiger partial charge in [-0.05, 0) is 41.8 Å². The van der Waals surface area contributed by atoms with Crippen molar-refractivity contribution in [2.24, 2.45) is 4.99 Å². The molecule has 3 nitrogen and oxygen atoms in total. The highest BCUT2D eigenvalue weighted by Gasteiger charge is 2.00. The third-order valence-electron chi connectivity index (χ3n) is 3.01. The lowest BCUT2D eigenvalue weighted by Gasteiger charge is -2.05. The summed E-state index contributed by atoms with van der Waals surface area (Å²) in [6.45, 7) is 0. The summed E-state index contributed by atoms with van der Waals surface area (Å²) in [5, 5.41) is 1.97. The molecule has 0 unspecified atom stereocenters. The lowest BCUT2D eigenvalue weighted by Crippen LogP contribution is -2.04. The van der Waals surface area contributed by atoms with Gasteiger partial charge in [-0.15, -0.1) is 0 Å². The minimum Gasteiger partial charge on any atom is -0.439 e. The standard InChI is InChI=1S/C20H16N2OS/c1-3-9-18(10-4-1)23-20(22-17-8-7-14-21-16-17)13-15-24-19-11-5-2-6-12-19/h1-16H. The summed E-state index contributed by atoms with van der Waals surface area (Å²) in [4.78, 5) is 9.76. The molecular weight excluding hydrogens is 316 g/mol. The van der Waals surface area contributed by atoms with Gasteiger partial charge in [-0.3, -0.25) is 4.98 Å². The van der Waals surface area contributed by atoms with Crippen LogP contribution >= 0.6 is 11.8 Å². The van der Waals surface area contributed by atoms with Crippen LogP contribution in [-0.2, 0) is 0 Å². The van der Waals surface area contributed by atoms with Crippen LogP contribution < -0.4 is 4.74 Å². The molecule has 0 N–H and O–H groups in total. The minimum absolute atomic E-state index is 0.512. The topological polar surface area (TPSA) is 34.5 Å². The number of hydrogen-bond donors (Lipinski definition) is 0. The number of hydrogen-bond acceptors (Lipinski definition) is 4. The highest BCUT2D eigenvalue weighted by molar-refractivity contribution is 8.02. The second kappa shape index (κ2) is 8.70. The van der Waals surface area contributed by atoms with Gasteiger partial charge in [-0.25, -0.2) is 4.99 Å². The molecule has 3 aromatic rings. The summed E-state index contributed by atoms with van der Waals surface area (Å²) >= 11 is 1.61. The van der Waals surface area contributed by atoms with E-state index in [1.807, 2.05) is 72.1 Å². The van der Waals surface area contributed by atoms with Crippen molar-refractivity contribution in [1.29, 1.82) is 0 Å². The summed E-state index contributed by atoms with van der Waals surface area (Å²) in [6.07, 6.45) is 5.28. The number of nitrogens with zero attached hydrogens (tertiary/aromatic N) is 2. The average molecular weight is 332 g/mol. The van der Waals surface area contributed by atoms with Gasteiger partial charge < -0.3 is 4.74 Å². The first kappa shape index (κ1) is 16.0. The van der Waals surface area contributed by atoms with E-state index in [0.717, 1.165) is 16.3 Å². The Bertz CT molecular complexity index is 803. The number of rotatable bonds is 5. The Balaban J connectivity index is 1.78. The maximum absolute atomic E-state index is 5.88. The van der Waals surface area contributed by atoms with Crippen molar-refractivity contribution in [2.45, 2.75) is 4.90 Å². The maximum Gasteiger partial charge on any atom is 0.220 e. The maximum atomic E-state index is 5.88.